The molecule has 4 rings (SSSR count). The Morgan fingerprint density at radius 3 is 2.69 bits per heavy atom. The lowest BCUT2D eigenvalue weighted by Crippen LogP contribution is -2.58. The minimum absolute atomic E-state index is 0.0373. The Labute approximate surface area is 176 Å². The van der Waals surface area contributed by atoms with E-state index >= 15 is 0 Å². The van der Waals surface area contributed by atoms with Gasteiger partial charge in [0.05, 0.1) is 13.2 Å². The quantitative estimate of drug-likeness (QED) is 0.685. The minimum Gasteiger partial charge on any atom is -0.469 e. The topological polar surface area (TPSA) is 63.6 Å². The van der Waals surface area contributed by atoms with Gasteiger partial charge in [-0.25, -0.2) is 0 Å². The second-order valence-corrected chi connectivity index (χ2v) is 11.3. The molecule has 0 saturated heterocycles. The van der Waals surface area contributed by atoms with Gasteiger partial charge in [0.15, 0.2) is 0 Å². The maximum Gasteiger partial charge on any atom is 0.305 e. The highest BCUT2D eigenvalue weighted by molar-refractivity contribution is 5.79. The molecule has 0 amide bonds. The zero-order chi connectivity index (χ0) is 21.0. The average Bonchev–Trinajstić information content (AvgIpc) is 3.06. The molecule has 8 unspecified atom stereocenters. The molecule has 4 aliphatic rings. The van der Waals surface area contributed by atoms with E-state index in [1.54, 1.807) is 0 Å². The summed E-state index contributed by atoms with van der Waals surface area (Å²) in [5, 5.41) is 11.5. The Kier molecular flexibility index (Phi) is 5.63. The number of hydrogen-bond acceptors (Lipinski definition) is 4. The molecule has 1 N–H and O–H groups in total. The van der Waals surface area contributed by atoms with Gasteiger partial charge in [0.25, 0.3) is 0 Å². The summed E-state index contributed by atoms with van der Waals surface area (Å²) in [7, 11) is 1.46. The van der Waals surface area contributed by atoms with Gasteiger partial charge >= 0.3 is 5.97 Å². The molecule has 9 atom stereocenters. The summed E-state index contributed by atoms with van der Waals surface area (Å²) >= 11 is 0. The minimum atomic E-state index is -0.268. The lowest BCUT2D eigenvalue weighted by molar-refractivity contribution is -0.171. The molecule has 4 heteroatoms. The molecular weight excluding hydrogens is 364 g/mol. The first-order chi connectivity index (χ1) is 13.7. The van der Waals surface area contributed by atoms with E-state index in [4.69, 9.17) is 4.74 Å². The molecule has 4 saturated carbocycles. The Hall–Kier alpha value is -0.900. The van der Waals surface area contributed by atoms with Crippen LogP contribution in [0.25, 0.3) is 0 Å². The van der Waals surface area contributed by atoms with E-state index in [-0.39, 0.29) is 22.9 Å². The fourth-order valence-corrected chi connectivity index (χ4v) is 8.62. The first-order valence-corrected chi connectivity index (χ1v) is 12.0. The van der Waals surface area contributed by atoms with Crippen molar-refractivity contribution in [3.05, 3.63) is 0 Å². The highest BCUT2D eigenvalue weighted by atomic mass is 16.5. The molecule has 4 fully saturated rings. The number of ether oxygens (including phenoxy) is 1. The van der Waals surface area contributed by atoms with Crippen molar-refractivity contribution in [1.29, 1.82) is 0 Å². The predicted octanol–water partition coefficient (Wildman–Crippen LogP) is 4.77. The van der Waals surface area contributed by atoms with Gasteiger partial charge in [-0.15, -0.1) is 0 Å². The number of aliphatic hydroxyl groups excluding tert-OH is 1. The fourth-order valence-electron chi connectivity index (χ4n) is 8.62. The highest BCUT2D eigenvalue weighted by Gasteiger charge is 2.63. The molecule has 0 aromatic heterocycles. The number of aliphatic hydroxyl groups is 1. The zero-order valence-electron chi connectivity index (χ0n) is 18.8. The summed E-state index contributed by atoms with van der Waals surface area (Å²) in [5.41, 5.74) is 0.193. The van der Waals surface area contributed by atoms with Crippen LogP contribution in [0.2, 0.25) is 0 Å². The molecule has 0 heterocycles. The number of fused-ring (bicyclic) bond motifs is 5. The largest absolute Gasteiger partial charge is 0.469 e. The second-order valence-electron chi connectivity index (χ2n) is 11.3. The van der Waals surface area contributed by atoms with Crippen molar-refractivity contribution in [3.63, 3.8) is 0 Å². The van der Waals surface area contributed by atoms with E-state index in [1.165, 1.54) is 32.8 Å². The number of ketones is 1. The van der Waals surface area contributed by atoms with Crippen LogP contribution in [0, 0.1) is 46.3 Å². The number of rotatable bonds is 4. The van der Waals surface area contributed by atoms with Crippen molar-refractivity contribution >= 4 is 11.8 Å². The Balaban J connectivity index is 1.54. The summed E-state index contributed by atoms with van der Waals surface area (Å²) in [5.74, 6) is 3.59. The predicted molar refractivity (Wildman–Crippen MR) is 112 cm³/mol. The Morgan fingerprint density at radius 2 is 1.97 bits per heavy atom. The molecule has 0 aromatic carbocycles. The number of esters is 1. The third kappa shape index (κ3) is 3.28. The van der Waals surface area contributed by atoms with Crippen LogP contribution in [0.1, 0.15) is 85.0 Å². The van der Waals surface area contributed by atoms with Crippen LogP contribution in [-0.2, 0) is 14.3 Å². The summed E-state index contributed by atoms with van der Waals surface area (Å²) < 4.78 is 4.84. The number of carbonyl (C=O) groups is 2. The molecule has 0 bridgehead atoms. The molecule has 0 aliphatic heterocycles. The number of Topliss-reactive ketones (excluding diaryl/α,β-unsaturated/α-hetero) is 1. The van der Waals surface area contributed by atoms with Crippen LogP contribution in [0.3, 0.4) is 0 Å². The number of hydrogen-bond donors (Lipinski definition) is 1. The molecule has 164 valence electrons. The molecule has 4 nitrogen and oxygen atoms in total. The highest BCUT2D eigenvalue weighted by Crippen LogP contribution is 2.68. The lowest BCUT2D eigenvalue weighted by atomic mass is 9.44. The van der Waals surface area contributed by atoms with E-state index in [0.29, 0.717) is 47.7 Å². The van der Waals surface area contributed by atoms with Crippen LogP contribution in [0.5, 0.6) is 0 Å². The summed E-state index contributed by atoms with van der Waals surface area (Å²) in [6.07, 6.45) is 9.29. The summed E-state index contributed by atoms with van der Waals surface area (Å²) in [6, 6.07) is 0. The van der Waals surface area contributed by atoms with Crippen molar-refractivity contribution in [2.75, 3.05) is 7.11 Å². The first kappa shape index (κ1) is 21.3. The van der Waals surface area contributed by atoms with Gasteiger partial charge < -0.3 is 9.84 Å². The van der Waals surface area contributed by atoms with Gasteiger partial charge in [0.1, 0.15) is 5.78 Å². The Morgan fingerprint density at radius 1 is 1.21 bits per heavy atom. The molecule has 0 spiro atoms. The molecule has 4 aliphatic carbocycles. The standard InChI is InChI=1S/C25H40O4/c1-15(5-10-23(28)29-4)19-8-9-20-18-7-6-16-13-17(26)11-12-24(16,2)21(18)14-22(27)25(19,20)3/h15-16,18-22,27H,5-14H2,1-4H3/t15?,16?,18?,19?,20?,21?,22-,24?,25?/m0/s1. The lowest BCUT2D eigenvalue weighted by Gasteiger charge is -2.62. The Bertz CT molecular complexity index is 659. The van der Waals surface area contributed by atoms with Crippen molar-refractivity contribution in [2.45, 2.75) is 91.1 Å². The van der Waals surface area contributed by atoms with E-state index < -0.39 is 0 Å². The zero-order valence-corrected chi connectivity index (χ0v) is 18.8. The van der Waals surface area contributed by atoms with Crippen molar-refractivity contribution in [1.82, 2.24) is 0 Å². The van der Waals surface area contributed by atoms with Crippen LogP contribution < -0.4 is 0 Å². The van der Waals surface area contributed by atoms with Crippen molar-refractivity contribution in [3.8, 4) is 0 Å². The van der Waals surface area contributed by atoms with Crippen LogP contribution in [0.4, 0.5) is 0 Å². The van der Waals surface area contributed by atoms with E-state index in [2.05, 4.69) is 20.8 Å². The number of carbonyl (C=O) groups excluding carboxylic acids is 2. The van der Waals surface area contributed by atoms with Crippen molar-refractivity contribution in [2.24, 2.45) is 46.3 Å². The molecule has 0 radical (unpaired) electrons. The van der Waals surface area contributed by atoms with E-state index in [1.807, 2.05) is 0 Å². The van der Waals surface area contributed by atoms with Gasteiger partial charge in [-0.3, -0.25) is 9.59 Å². The third-order valence-corrected chi connectivity index (χ3v) is 10.4. The summed E-state index contributed by atoms with van der Waals surface area (Å²) in [4.78, 5) is 23.7. The molecule has 29 heavy (non-hydrogen) atoms. The van der Waals surface area contributed by atoms with Gasteiger partial charge in [-0.1, -0.05) is 20.8 Å². The monoisotopic (exact) mass is 404 g/mol. The smallest absolute Gasteiger partial charge is 0.305 e. The molecule has 0 aromatic rings. The van der Waals surface area contributed by atoms with Gasteiger partial charge in [-0.2, -0.15) is 0 Å². The van der Waals surface area contributed by atoms with Gasteiger partial charge in [0.2, 0.25) is 0 Å². The van der Waals surface area contributed by atoms with Gasteiger partial charge in [0, 0.05) is 19.3 Å². The first-order valence-electron chi connectivity index (χ1n) is 12.0. The van der Waals surface area contributed by atoms with Gasteiger partial charge in [-0.05, 0) is 91.3 Å². The molecular formula is C25H40O4. The second kappa shape index (κ2) is 7.66. The SMILES string of the molecule is COC(=O)CCC(C)C1CCC2C3CCC4CC(=O)CCC4(C)C3C[C@H](O)C12C. The van der Waals surface area contributed by atoms with Crippen LogP contribution in [0.15, 0.2) is 0 Å². The maximum atomic E-state index is 12.1. The maximum absolute atomic E-state index is 12.1. The fraction of sp³-hybridized carbons (Fsp3) is 0.920. The van der Waals surface area contributed by atoms with E-state index in [9.17, 15) is 14.7 Å². The normalized spacial score (nSPS) is 47.7. The third-order valence-electron chi connectivity index (χ3n) is 10.4. The van der Waals surface area contributed by atoms with Crippen molar-refractivity contribution < 1.29 is 19.4 Å². The number of methoxy groups -OCH3 is 1. The van der Waals surface area contributed by atoms with E-state index in [0.717, 1.165) is 32.1 Å². The van der Waals surface area contributed by atoms with Crippen LogP contribution in [-0.4, -0.2) is 30.1 Å². The average molecular weight is 405 g/mol. The summed E-state index contributed by atoms with van der Waals surface area (Å²) in [6.45, 7) is 7.05. The van der Waals surface area contributed by atoms with Crippen LogP contribution >= 0.6 is 0 Å².